The molecule has 0 radical (unpaired) electrons. The van der Waals surface area contributed by atoms with Crippen molar-refractivity contribution in [2.24, 2.45) is 11.8 Å². The smallest absolute Gasteiger partial charge is 0.222 e. The average Bonchev–Trinajstić information content (AvgIpc) is 3.80. The number of aryl methyl sites for hydroxylation is 1. The molecule has 5 heteroatoms. The minimum Gasteiger partial charge on any atom is -0.508 e. The Labute approximate surface area is 248 Å². The maximum absolute atomic E-state index is 13.8. The molecular weight excluding hydrogens is 508 g/mol. The van der Waals surface area contributed by atoms with Gasteiger partial charge in [0.1, 0.15) is 5.75 Å². The Morgan fingerprint density at radius 1 is 1.05 bits per heavy atom. The summed E-state index contributed by atoms with van der Waals surface area (Å²) in [6.45, 7) is 8.41. The van der Waals surface area contributed by atoms with Gasteiger partial charge in [0.15, 0.2) is 0 Å². The average molecular weight is 561 g/mol. The lowest BCUT2D eigenvalue weighted by atomic mass is 9.55. The van der Waals surface area contributed by atoms with Crippen LogP contribution in [0, 0.1) is 11.8 Å². The Morgan fingerprint density at radius 3 is 2.56 bits per heavy atom. The molecule has 2 aromatic rings. The molecule has 0 aromatic heterocycles. The Bertz CT molecular complexity index is 1130. The first-order valence-electron chi connectivity index (χ1n) is 16.2. The summed E-state index contributed by atoms with van der Waals surface area (Å²) in [6, 6.07) is 18.7. The standard InChI is InChI=1S/C36H52N2O3/c1-28(2)25-38(34(40)16-9-5-8-13-29-11-6-4-7-12-29)32-19-20-36(41-3)27-37(26-30-17-18-30)22-21-35(36,24-32)31-14-10-15-33(39)23-31/h4,6-7,10-12,14-15,23,28,30,32,39H,5,8-9,13,16-22,24-27H2,1-3H3/t32-,35-,36-/m0/s1. The predicted octanol–water partition coefficient (Wildman–Crippen LogP) is 6.97. The Hall–Kier alpha value is -2.37. The number of carbonyl (C=O) groups is 1. The number of benzene rings is 2. The molecule has 2 aromatic carbocycles. The second-order valence-electron chi connectivity index (χ2n) is 13.6. The molecule has 2 aliphatic carbocycles. The van der Waals surface area contributed by atoms with Crippen LogP contribution in [-0.4, -0.2) is 65.7 Å². The number of likely N-dealkylation sites (tertiary alicyclic amines) is 1. The third kappa shape index (κ3) is 7.00. The number of phenols is 1. The summed E-state index contributed by atoms with van der Waals surface area (Å²) in [5.74, 6) is 1.89. The second kappa shape index (κ2) is 13.3. The topological polar surface area (TPSA) is 53.0 Å². The number of aromatic hydroxyl groups is 1. The number of hydrogen-bond acceptors (Lipinski definition) is 4. The normalized spacial score (nSPS) is 26.6. The van der Waals surface area contributed by atoms with Gasteiger partial charge in [-0.2, -0.15) is 0 Å². The van der Waals surface area contributed by atoms with E-state index in [0.29, 0.717) is 24.0 Å². The van der Waals surface area contributed by atoms with Gasteiger partial charge in [-0.15, -0.1) is 0 Å². The molecule has 224 valence electrons. The molecule has 2 saturated carbocycles. The van der Waals surface area contributed by atoms with E-state index >= 15 is 0 Å². The van der Waals surface area contributed by atoms with Crippen molar-refractivity contribution in [3.8, 4) is 5.75 Å². The number of unbranched alkanes of at least 4 members (excludes halogenated alkanes) is 2. The fourth-order valence-corrected chi connectivity index (χ4v) is 7.88. The van der Waals surface area contributed by atoms with Gasteiger partial charge in [0, 0.05) is 44.6 Å². The monoisotopic (exact) mass is 560 g/mol. The molecule has 1 heterocycles. The van der Waals surface area contributed by atoms with Crippen molar-refractivity contribution in [3.63, 3.8) is 0 Å². The first kappa shape index (κ1) is 30.1. The maximum atomic E-state index is 13.8. The number of hydrogen-bond donors (Lipinski definition) is 1. The third-order valence-corrected chi connectivity index (χ3v) is 10.2. The van der Waals surface area contributed by atoms with Crippen molar-refractivity contribution < 1.29 is 14.6 Å². The van der Waals surface area contributed by atoms with Crippen LogP contribution in [0.3, 0.4) is 0 Å². The van der Waals surface area contributed by atoms with Crippen LogP contribution in [0.15, 0.2) is 54.6 Å². The number of rotatable bonds is 13. The van der Waals surface area contributed by atoms with Gasteiger partial charge in [0.2, 0.25) is 5.91 Å². The Morgan fingerprint density at radius 2 is 1.85 bits per heavy atom. The van der Waals surface area contributed by atoms with E-state index in [0.717, 1.165) is 76.9 Å². The first-order chi connectivity index (χ1) is 19.8. The minimum atomic E-state index is -0.311. The predicted molar refractivity (Wildman–Crippen MR) is 166 cm³/mol. The van der Waals surface area contributed by atoms with E-state index in [1.54, 1.807) is 6.07 Å². The highest BCUT2D eigenvalue weighted by atomic mass is 16.5. The van der Waals surface area contributed by atoms with Crippen LogP contribution in [0.2, 0.25) is 0 Å². The zero-order valence-corrected chi connectivity index (χ0v) is 25.7. The summed E-state index contributed by atoms with van der Waals surface area (Å²) in [5.41, 5.74) is 2.01. The van der Waals surface area contributed by atoms with Crippen molar-refractivity contribution in [2.45, 2.75) is 102 Å². The number of nitrogens with zero attached hydrogens (tertiary/aromatic N) is 2. The SMILES string of the molecule is CO[C@]12CC[C@H](N(CC(C)C)C(=O)CCCCCc3ccccc3)C[C@]1(c1cccc(O)c1)CCN(CC1CC1)C2. The molecule has 1 amide bonds. The number of phenolic OH excluding ortho intramolecular Hbond substituents is 1. The molecule has 0 bridgehead atoms. The summed E-state index contributed by atoms with van der Waals surface area (Å²) in [4.78, 5) is 18.7. The van der Waals surface area contributed by atoms with Crippen molar-refractivity contribution in [1.82, 2.24) is 9.80 Å². The van der Waals surface area contributed by atoms with E-state index in [1.165, 1.54) is 30.5 Å². The molecule has 0 unspecified atom stereocenters. The molecule has 3 atom stereocenters. The molecule has 1 aliphatic heterocycles. The number of piperidine rings is 1. The quantitative estimate of drug-likeness (QED) is 0.269. The van der Waals surface area contributed by atoms with E-state index in [1.807, 2.05) is 19.2 Å². The van der Waals surface area contributed by atoms with Gasteiger partial charge in [-0.25, -0.2) is 0 Å². The summed E-state index contributed by atoms with van der Waals surface area (Å²) >= 11 is 0. The number of fused-ring (bicyclic) bond motifs is 1. The van der Waals surface area contributed by atoms with Gasteiger partial charge in [-0.1, -0.05) is 62.7 Å². The minimum absolute atomic E-state index is 0.190. The van der Waals surface area contributed by atoms with Crippen LogP contribution >= 0.6 is 0 Å². The fraction of sp³-hybridized carbons (Fsp3) is 0.639. The lowest BCUT2D eigenvalue weighted by Gasteiger charge is -2.61. The zero-order chi connectivity index (χ0) is 28.9. The number of amides is 1. The summed E-state index contributed by atoms with van der Waals surface area (Å²) in [7, 11) is 1.89. The van der Waals surface area contributed by atoms with Crippen LogP contribution in [0.25, 0.3) is 0 Å². The van der Waals surface area contributed by atoms with E-state index in [9.17, 15) is 9.90 Å². The second-order valence-corrected chi connectivity index (χ2v) is 13.6. The lowest BCUT2D eigenvalue weighted by Crippen LogP contribution is -2.68. The molecule has 41 heavy (non-hydrogen) atoms. The number of ether oxygens (including phenoxy) is 1. The highest BCUT2D eigenvalue weighted by molar-refractivity contribution is 5.76. The van der Waals surface area contributed by atoms with Crippen molar-refractivity contribution >= 4 is 5.91 Å². The van der Waals surface area contributed by atoms with Gasteiger partial charge in [-0.05, 0) is 99.4 Å². The third-order valence-electron chi connectivity index (χ3n) is 10.2. The molecule has 3 fully saturated rings. The molecule has 3 aliphatic rings. The fourth-order valence-electron chi connectivity index (χ4n) is 7.88. The van der Waals surface area contributed by atoms with Gasteiger partial charge < -0.3 is 19.6 Å². The largest absolute Gasteiger partial charge is 0.508 e. The van der Waals surface area contributed by atoms with Crippen molar-refractivity contribution in [3.05, 3.63) is 65.7 Å². The van der Waals surface area contributed by atoms with E-state index < -0.39 is 0 Å². The highest BCUT2D eigenvalue weighted by Crippen LogP contribution is 2.55. The van der Waals surface area contributed by atoms with Crippen LogP contribution in [0.5, 0.6) is 5.75 Å². The zero-order valence-electron chi connectivity index (χ0n) is 25.7. The van der Waals surface area contributed by atoms with Crippen molar-refractivity contribution in [2.75, 3.05) is 33.3 Å². The molecule has 1 saturated heterocycles. The van der Waals surface area contributed by atoms with E-state index in [4.69, 9.17) is 4.74 Å². The lowest BCUT2D eigenvalue weighted by molar-refractivity contribution is -0.163. The van der Waals surface area contributed by atoms with Gasteiger partial charge >= 0.3 is 0 Å². The van der Waals surface area contributed by atoms with E-state index in [-0.39, 0.29) is 17.1 Å². The Balaban J connectivity index is 1.32. The molecule has 5 rings (SSSR count). The van der Waals surface area contributed by atoms with Crippen molar-refractivity contribution in [1.29, 1.82) is 0 Å². The van der Waals surface area contributed by atoms with Crippen LogP contribution in [0.4, 0.5) is 0 Å². The molecule has 1 N–H and O–H groups in total. The van der Waals surface area contributed by atoms with Crippen LogP contribution in [-0.2, 0) is 21.4 Å². The number of methoxy groups -OCH3 is 1. The van der Waals surface area contributed by atoms with Gasteiger partial charge in [0.25, 0.3) is 0 Å². The summed E-state index contributed by atoms with van der Waals surface area (Å²) in [5, 5.41) is 10.5. The molecule has 0 spiro atoms. The van der Waals surface area contributed by atoms with Gasteiger partial charge in [-0.3, -0.25) is 4.79 Å². The molecule has 5 nitrogen and oxygen atoms in total. The maximum Gasteiger partial charge on any atom is 0.222 e. The summed E-state index contributed by atoms with van der Waals surface area (Å²) in [6.07, 6.45) is 11.4. The highest BCUT2D eigenvalue weighted by Gasteiger charge is 2.59. The number of carbonyl (C=O) groups excluding carboxylic acids is 1. The van der Waals surface area contributed by atoms with Crippen LogP contribution < -0.4 is 0 Å². The van der Waals surface area contributed by atoms with Crippen LogP contribution in [0.1, 0.15) is 89.2 Å². The van der Waals surface area contributed by atoms with Gasteiger partial charge in [0.05, 0.1) is 5.60 Å². The first-order valence-corrected chi connectivity index (χ1v) is 16.2. The van der Waals surface area contributed by atoms with E-state index in [2.05, 4.69) is 60.0 Å². The Kier molecular flexibility index (Phi) is 9.76. The molecular formula is C36H52N2O3. The summed E-state index contributed by atoms with van der Waals surface area (Å²) < 4.78 is 6.58.